The molecule has 2 rings (SSSR count). The van der Waals surface area contributed by atoms with Crippen molar-refractivity contribution in [3.63, 3.8) is 0 Å². The summed E-state index contributed by atoms with van der Waals surface area (Å²) in [6.45, 7) is 5.34. The van der Waals surface area contributed by atoms with Gasteiger partial charge in [0.05, 0.1) is 6.10 Å². The third-order valence-corrected chi connectivity index (χ3v) is 4.41. The van der Waals surface area contributed by atoms with Gasteiger partial charge in [-0.1, -0.05) is 29.8 Å². The average molecular weight is 355 g/mol. The van der Waals surface area contributed by atoms with Gasteiger partial charge in [-0.05, 0) is 51.8 Å². The van der Waals surface area contributed by atoms with Crippen LogP contribution in [0.2, 0.25) is 0 Å². The average Bonchev–Trinajstić information content (AvgIpc) is 3.06. The normalized spacial score (nSPS) is 16.7. The summed E-state index contributed by atoms with van der Waals surface area (Å²) in [5, 5.41) is 3.10. The van der Waals surface area contributed by atoms with E-state index in [1.807, 2.05) is 11.9 Å². The number of rotatable bonds is 9. The second-order valence-corrected chi connectivity index (χ2v) is 6.42. The van der Waals surface area contributed by atoms with Crippen LogP contribution >= 0.6 is 12.4 Å². The number of hydrogen-bond donors (Lipinski definition) is 1. The van der Waals surface area contributed by atoms with Crippen molar-refractivity contribution < 1.29 is 9.53 Å². The largest absolute Gasteiger partial charge is 0.376 e. The Labute approximate surface area is 152 Å². The van der Waals surface area contributed by atoms with Gasteiger partial charge in [0.25, 0.3) is 0 Å². The van der Waals surface area contributed by atoms with E-state index < -0.39 is 0 Å². The summed E-state index contributed by atoms with van der Waals surface area (Å²) in [6, 6.07) is 8.58. The van der Waals surface area contributed by atoms with Crippen LogP contribution in [-0.4, -0.2) is 50.2 Å². The minimum atomic E-state index is 0. The van der Waals surface area contributed by atoms with E-state index in [1.54, 1.807) is 0 Å². The third-order valence-electron chi connectivity index (χ3n) is 4.41. The van der Waals surface area contributed by atoms with Crippen LogP contribution in [0.15, 0.2) is 24.3 Å². The Bertz CT molecular complexity index is 473. The lowest BCUT2D eigenvalue weighted by Crippen LogP contribution is -2.39. The first kappa shape index (κ1) is 20.9. The molecule has 136 valence electrons. The van der Waals surface area contributed by atoms with E-state index in [-0.39, 0.29) is 24.4 Å². The van der Waals surface area contributed by atoms with Crippen LogP contribution in [0.25, 0.3) is 0 Å². The summed E-state index contributed by atoms with van der Waals surface area (Å²) in [5.74, 6) is 0.253. The summed E-state index contributed by atoms with van der Waals surface area (Å²) in [4.78, 5) is 14.5. The van der Waals surface area contributed by atoms with Crippen molar-refractivity contribution in [1.82, 2.24) is 10.2 Å². The van der Waals surface area contributed by atoms with Crippen LogP contribution in [0.5, 0.6) is 0 Å². The molecule has 1 saturated heterocycles. The number of benzene rings is 1. The SMILES string of the molecule is CNCCCC(=O)N(CCc1ccc(C)cc1)CC1CCCO1.Cl. The van der Waals surface area contributed by atoms with E-state index in [1.165, 1.54) is 11.1 Å². The highest BCUT2D eigenvalue weighted by atomic mass is 35.5. The topological polar surface area (TPSA) is 41.6 Å². The second-order valence-electron chi connectivity index (χ2n) is 6.42. The maximum atomic E-state index is 12.5. The number of hydrogen-bond acceptors (Lipinski definition) is 3. The molecule has 0 bridgehead atoms. The molecule has 1 aliphatic heterocycles. The van der Waals surface area contributed by atoms with E-state index >= 15 is 0 Å². The van der Waals surface area contributed by atoms with Crippen molar-refractivity contribution in [3.8, 4) is 0 Å². The molecule has 1 atom stereocenters. The molecule has 0 aromatic heterocycles. The summed E-state index contributed by atoms with van der Waals surface area (Å²) in [6.07, 6.45) is 4.82. The number of nitrogens with one attached hydrogen (secondary N) is 1. The Morgan fingerprint density at radius 3 is 2.71 bits per heavy atom. The van der Waals surface area contributed by atoms with Crippen LogP contribution in [-0.2, 0) is 16.0 Å². The number of amides is 1. The highest BCUT2D eigenvalue weighted by molar-refractivity contribution is 5.85. The highest BCUT2D eigenvalue weighted by Crippen LogP contribution is 2.15. The van der Waals surface area contributed by atoms with Gasteiger partial charge in [-0.3, -0.25) is 4.79 Å². The van der Waals surface area contributed by atoms with E-state index in [2.05, 4.69) is 36.5 Å². The van der Waals surface area contributed by atoms with Gasteiger partial charge in [0.15, 0.2) is 0 Å². The standard InChI is InChI=1S/C19H30N2O2.ClH/c1-16-7-9-17(10-8-16)11-13-21(15-18-5-4-14-23-18)19(22)6-3-12-20-2;/h7-10,18,20H,3-6,11-15H2,1-2H3;1H. The number of ether oxygens (including phenoxy) is 1. The van der Waals surface area contributed by atoms with E-state index in [0.717, 1.165) is 51.9 Å². The quantitative estimate of drug-likeness (QED) is 0.693. The van der Waals surface area contributed by atoms with Gasteiger partial charge in [-0.25, -0.2) is 0 Å². The summed E-state index contributed by atoms with van der Waals surface area (Å²) in [7, 11) is 1.92. The van der Waals surface area contributed by atoms with Crippen LogP contribution in [0, 0.1) is 6.92 Å². The molecule has 1 fully saturated rings. The van der Waals surface area contributed by atoms with Crippen molar-refractivity contribution in [2.45, 2.75) is 45.1 Å². The zero-order valence-electron chi connectivity index (χ0n) is 14.9. The molecular formula is C19H31ClN2O2. The molecular weight excluding hydrogens is 324 g/mol. The Morgan fingerprint density at radius 2 is 2.08 bits per heavy atom. The zero-order valence-corrected chi connectivity index (χ0v) is 15.7. The molecule has 1 unspecified atom stereocenters. The minimum absolute atomic E-state index is 0. The zero-order chi connectivity index (χ0) is 16.5. The molecule has 1 aliphatic rings. The number of nitrogens with zero attached hydrogens (tertiary/aromatic N) is 1. The molecule has 0 saturated carbocycles. The molecule has 1 aromatic carbocycles. The first-order valence-corrected chi connectivity index (χ1v) is 8.78. The van der Waals surface area contributed by atoms with Crippen LogP contribution in [0.1, 0.15) is 36.8 Å². The lowest BCUT2D eigenvalue weighted by molar-refractivity contribution is -0.132. The summed E-state index contributed by atoms with van der Waals surface area (Å²) >= 11 is 0. The van der Waals surface area contributed by atoms with E-state index in [0.29, 0.717) is 6.42 Å². The number of carbonyl (C=O) groups is 1. The number of aryl methyl sites for hydroxylation is 1. The molecule has 0 spiro atoms. The molecule has 4 nitrogen and oxygen atoms in total. The fourth-order valence-corrected chi connectivity index (χ4v) is 2.95. The predicted molar refractivity (Wildman–Crippen MR) is 101 cm³/mol. The van der Waals surface area contributed by atoms with Gasteiger partial charge < -0.3 is 15.0 Å². The summed E-state index contributed by atoms with van der Waals surface area (Å²) in [5.41, 5.74) is 2.56. The monoisotopic (exact) mass is 354 g/mol. The Hall–Kier alpha value is -1.10. The molecule has 0 aliphatic carbocycles. The number of halogens is 1. The lowest BCUT2D eigenvalue weighted by atomic mass is 10.1. The Kier molecular flexibility index (Phi) is 9.99. The fraction of sp³-hybridized carbons (Fsp3) is 0.632. The van der Waals surface area contributed by atoms with Crippen LogP contribution in [0.4, 0.5) is 0 Å². The minimum Gasteiger partial charge on any atom is -0.376 e. The van der Waals surface area contributed by atoms with Gasteiger partial charge in [-0.15, -0.1) is 12.4 Å². The van der Waals surface area contributed by atoms with Crippen molar-refractivity contribution >= 4 is 18.3 Å². The first-order chi connectivity index (χ1) is 11.2. The molecule has 1 N–H and O–H groups in total. The van der Waals surface area contributed by atoms with Crippen LogP contribution < -0.4 is 5.32 Å². The van der Waals surface area contributed by atoms with Gasteiger partial charge in [-0.2, -0.15) is 0 Å². The fourth-order valence-electron chi connectivity index (χ4n) is 2.95. The molecule has 1 heterocycles. The van der Waals surface area contributed by atoms with E-state index in [9.17, 15) is 4.79 Å². The van der Waals surface area contributed by atoms with Gasteiger partial charge >= 0.3 is 0 Å². The number of carbonyl (C=O) groups excluding carboxylic acids is 1. The maximum Gasteiger partial charge on any atom is 0.222 e. The van der Waals surface area contributed by atoms with Crippen molar-refractivity contribution in [3.05, 3.63) is 35.4 Å². The molecule has 24 heavy (non-hydrogen) atoms. The van der Waals surface area contributed by atoms with Gasteiger partial charge in [0.2, 0.25) is 5.91 Å². The predicted octanol–water partition coefficient (Wildman–Crippen LogP) is 2.97. The van der Waals surface area contributed by atoms with Gasteiger partial charge in [0.1, 0.15) is 0 Å². The summed E-state index contributed by atoms with van der Waals surface area (Å²) < 4.78 is 5.72. The Balaban J connectivity index is 0.00000288. The molecule has 1 amide bonds. The van der Waals surface area contributed by atoms with E-state index in [4.69, 9.17) is 4.74 Å². The Morgan fingerprint density at radius 1 is 1.33 bits per heavy atom. The molecule has 0 radical (unpaired) electrons. The van der Waals surface area contributed by atoms with Crippen molar-refractivity contribution in [2.75, 3.05) is 33.3 Å². The van der Waals surface area contributed by atoms with Gasteiger partial charge in [0, 0.05) is 26.1 Å². The second kappa shape index (κ2) is 11.5. The lowest BCUT2D eigenvalue weighted by Gasteiger charge is -2.26. The molecule has 5 heteroatoms. The molecule has 1 aromatic rings. The maximum absolute atomic E-state index is 12.5. The van der Waals surface area contributed by atoms with Crippen molar-refractivity contribution in [1.29, 1.82) is 0 Å². The third kappa shape index (κ3) is 7.20. The highest BCUT2D eigenvalue weighted by Gasteiger charge is 2.22. The first-order valence-electron chi connectivity index (χ1n) is 8.78. The van der Waals surface area contributed by atoms with Crippen LogP contribution in [0.3, 0.4) is 0 Å². The smallest absolute Gasteiger partial charge is 0.222 e. The van der Waals surface area contributed by atoms with Crippen molar-refractivity contribution in [2.24, 2.45) is 0 Å².